The Kier molecular flexibility index (Phi) is 8.97. The SMILES string of the molecule is C=C(C)C(=O)OCCN(C(=O)c1cccc(O)c1O)[C@@H](CCCCN)C(=O)O. The number of phenols is 2. The van der Waals surface area contributed by atoms with E-state index in [0.717, 1.165) is 4.90 Å². The van der Waals surface area contributed by atoms with Gasteiger partial charge < -0.3 is 30.7 Å². The summed E-state index contributed by atoms with van der Waals surface area (Å²) in [6, 6.07) is 2.60. The standard InChI is InChI=1S/C19H26N2O7/c1-12(2)19(27)28-11-10-21(14(18(25)26)7-3-4-9-20)17(24)13-6-5-8-15(22)16(13)23/h5-6,8,14,22-23H,1,3-4,7,9-11,20H2,2H3,(H,25,26)/t14-/m0/s1. The molecule has 0 aromatic heterocycles. The number of nitrogens with two attached hydrogens (primary N) is 1. The Labute approximate surface area is 163 Å². The first-order valence-corrected chi connectivity index (χ1v) is 8.78. The van der Waals surface area contributed by atoms with E-state index in [9.17, 15) is 29.7 Å². The van der Waals surface area contributed by atoms with Crippen molar-refractivity contribution >= 4 is 17.8 Å². The number of carboxylic acid groups (broad SMARTS) is 1. The number of nitrogens with zero attached hydrogens (tertiary/aromatic N) is 1. The third-order valence-electron chi connectivity index (χ3n) is 4.01. The first-order chi connectivity index (χ1) is 13.2. The molecule has 1 atom stereocenters. The third kappa shape index (κ3) is 6.27. The molecule has 9 heteroatoms. The number of para-hydroxylation sites is 1. The van der Waals surface area contributed by atoms with Crippen molar-refractivity contribution in [2.24, 2.45) is 5.73 Å². The topological polar surface area (TPSA) is 150 Å². The Balaban J connectivity index is 3.11. The lowest BCUT2D eigenvalue weighted by molar-refractivity contribution is -0.143. The number of aliphatic carboxylic acids is 1. The molecule has 5 N–H and O–H groups in total. The summed E-state index contributed by atoms with van der Waals surface area (Å²) in [6.45, 7) is 4.82. The lowest BCUT2D eigenvalue weighted by atomic mass is 10.1. The fourth-order valence-corrected chi connectivity index (χ4v) is 2.51. The fourth-order valence-electron chi connectivity index (χ4n) is 2.51. The number of amides is 1. The van der Waals surface area contributed by atoms with Gasteiger partial charge in [-0.2, -0.15) is 0 Å². The van der Waals surface area contributed by atoms with Crippen molar-refractivity contribution in [2.45, 2.75) is 32.2 Å². The Morgan fingerprint density at radius 3 is 2.50 bits per heavy atom. The van der Waals surface area contributed by atoms with Gasteiger partial charge in [-0.1, -0.05) is 12.6 Å². The van der Waals surface area contributed by atoms with Crippen LogP contribution in [0.2, 0.25) is 0 Å². The molecule has 0 heterocycles. The normalized spacial score (nSPS) is 11.5. The molecule has 0 aliphatic carbocycles. The zero-order valence-corrected chi connectivity index (χ0v) is 15.8. The van der Waals surface area contributed by atoms with Crippen LogP contribution in [0.3, 0.4) is 0 Å². The molecular formula is C19H26N2O7. The second kappa shape index (κ2) is 10.9. The number of benzene rings is 1. The molecule has 0 spiro atoms. The van der Waals surface area contributed by atoms with E-state index in [4.69, 9.17) is 10.5 Å². The molecule has 0 bridgehead atoms. The minimum absolute atomic E-state index is 0.131. The average Bonchev–Trinajstić information content (AvgIpc) is 2.64. The molecule has 0 fully saturated rings. The molecule has 0 aliphatic heterocycles. The van der Waals surface area contributed by atoms with E-state index >= 15 is 0 Å². The lowest BCUT2D eigenvalue weighted by Crippen LogP contribution is -2.47. The van der Waals surface area contributed by atoms with Gasteiger partial charge in [-0.05, 0) is 44.9 Å². The van der Waals surface area contributed by atoms with Gasteiger partial charge in [0, 0.05) is 5.57 Å². The Morgan fingerprint density at radius 1 is 1.25 bits per heavy atom. The minimum Gasteiger partial charge on any atom is -0.504 e. The number of ether oxygens (including phenoxy) is 1. The molecule has 28 heavy (non-hydrogen) atoms. The van der Waals surface area contributed by atoms with Crippen LogP contribution in [0.15, 0.2) is 30.4 Å². The van der Waals surface area contributed by atoms with Crippen molar-refractivity contribution in [1.82, 2.24) is 4.90 Å². The highest BCUT2D eigenvalue weighted by Gasteiger charge is 2.31. The maximum atomic E-state index is 12.9. The maximum Gasteiger partial charge on any atom is 0.333 e. The predicted octanol–water partition coefficient (Wildman–Crippen LogP) is 1.24. The highest BCUT2D eigenvalue weighted by molar-refractivity contribution is 5.99. The summed E-state index contributed by atoms with van der Waals surface area (Å²) in [5.41, 5.74) is 5.36. The van der Waals surface area contributed by atoms with Crippen LogP contribution < -0.4 is 5.73 Å². The summed E-state index contributed by atoms with van der Waals surface area (Å²) in [7, 11) is 0. The van der Waals surface area contributed by atoms with E-state index in [1.807, 2.05) is 0 Å². The molecule has 1 aromatic carbocycles. The number of rotatable bonds is 11. The van der Waals surface area contributed by atoms with Crippen LogP contribution in [-0.2, 0) is 14.3 Å². The number of carboxylic acids is 1. The largest absolute Gasteiger partial charge is 0.504 e. The summed E-state index contributed by atoms with van der Waals surface area (Å²) < 4.78 is 4.97. The van der Waals surface area contributed by atoms with Crippen LogP contribution in [0.1, 0.15) is 36.5 Å². The van der Waals surface area contributed by atoms with Gasteiger partial charge >= 0.3 is 11.9 Å². The molecular weight excluding hydrogens is 368 g/mol. The van der Waals surface area contributed by atoms with Gasteiger partial charge in [0.25, 0.3) is 5.91 Å². The first-order valence-electron chi connectivity index (χ1n) is 8.78. The summed E-state index contributed by atoms with van der Waals surface area (Å²) in [5.74, 6) is -3.86. The second-order valence-electron chi connectivity index (χ2n) is 6.23. The second-order valence-corrected chi connectivity index (χ2v) is 6.23. The van der Waals surface area contributed by atoms with Gasteiger partial charge in [0.2, 0.25) is 0 Å². The molecule has 1 rings (SSSR count). The van der Waals surface area contributed by atoms with Gasteiger partial charge in [0.05, 0.1) is 12.1 Å². The predicted molar refractivity (Wildman–Crippen MR) is 101 cm³/mol. The molecule has 9 nitrogen and oxygen atoms in total. The molecule has 0 aliphatic rings. The number of hydrogen-bond acceptors (Lipinski definition) is 7. The Bertz CT molecular complexity index is 733. The van der Waals surface area contributed by atoms with E-state index in [0.29, 0.717) is 19.4 Å². The maximum absolute atomic E-state index is 12.9. The summed E-state index contributed by atoms with van der Waals surface area (Å²) in [5, 5.41) is 29.2. The van der Waals surface area contributed by atoms with Crippen molar-refractivity contribution in [3.05, 3.63) is 35.9 Å². The van der Waals surface area contributed by atoms with Crippen LogP contribution in [0.4, 0.5) is 0 Å². The zero-order chi connectivity index (χ0) is 21.3. The molecule has 1 aromatic rings. The van der Waals surface area contributed by atoms with Crippen molar-refractivity contribution in [1.29, 1.82) is 0 Å². The summed E-state index contributed by atoms with van der Waals surface area (Å²) in [4.78, 5) is 37.2. The van der Waals surface area contributed by atoms with Crippen molar-refractivity contribution in [3.8, 4) is 11.5 Å². The molecule has 0 saturated heterocycles. The average molecular weight is 394 g/mol. The summed E-state index contributed by atoms with van der Waals surface area (Å²) >= 11 is 0. The third-order valence-corrected chi connectivity index (χ3v) is 4.01. The molecule has 0 radical (unpaired) electrons. The molecule has 154 valence electrons. The van der Waals surface area contributed by atoms with Crippen LogP contribution >= 0.6 is 0 Å². The molecule has 0 saturated carbocycles. The Hall–Kier alpha value is -3.07. The number of phenolic OH excluding ortho intramolecular Hbond substituents is 2. The molecule has 0 unspecified atom stereocenters. The van der Waals surface area contributed by atoms with Crippen molar-refractivity contribution < 1.29 is 34.4 Å². The minimum atomic E-state index is -1.24. The number of unbranched alkanes of at least 4 members (excludes halogenated alkanes) is 1. The fraction of sp³-hybridized carbons (Fsp3) is 0.421. The van der Waals surface area contributed by atoms with E-state index in [-0.39, 0.29) is 30.7 Å². The smallest absolute Gasteiger partial charge is 0.333 e. The van der Waals surface area contributed by atoms with Crippen molar-refractivity contribution in [2.75, 3.05) is 19.7 Å². The Morgan fingerprint density at radius 2 is 1.93 bits per heavy atom. The monoisotopic (exact) mass is 394 g/mol. The number of hydrogen-bond donors (Lipinski definition) is 4. The van der Waals surface area contributed by atoms with Gasteiger partial charge in [-0.15, -0.1) is 0 Å². The van der Waals surface area contributed by atoms with Crippen LogP contribution in [0.5, 0.6) is 11.5 Å². The van der Waals surface area contributed by atoms with Crippen LogP contribution in [-0.4, -0.2) is 63.8 Å². The quantitative estimate of drug-likeness (QED) is 0.189. The van der Waals surface area contributed by atoms with Gasteiger partial charge in [-0.25, -0.2) is 9.59 Å². The highest BCUT2D eigenvalue weighted by atomic mass is 16.5. The van der Waals surface area contributed by atoms with Crippen molar-refractivity contribution in [3.63, 3.8) is 0 Å². The van der Waals surface area contributed by atoms with E-state index in [1.165, 1.54) is 25.1 Å². The number of carbonyl (C=O) groups excluding carboxylic acids is 2. The molecule has 1 amide bonds. The number of carbonyl (C=O) groups is 3. The number of aromatic hydroxyl groups is 2. The zero-order valence-electron chi connectivity index (χ0n) is 15.8. The van der Waals surface area contributed by atoms with Gasteiger partial charge in [0.15, 0.2) is 11.5 Å². The summed E-state index contributed by atoms with van der Waals surface area (Å²) in [6.07, 6.45) is 1.18. The lowest BCUT2D eigenvalue weighted by Gasteiger charge is -2.29. The number of esters is 1. The van der Waals surface area contributed by atoms with Gasteiger partial charge in [-0.3, -0.25) is 4.79 Å². The van der Waals surface area contributed by atoms with E-state index in [1.54, 1.807) is 0 Å². The van der Waals surface area contributed by atoms with Crippen LogP contribution in [0.25, 0.3) is 0 Å². The first kappa shape index (κ1) is 23.0. The van der Waals surface area contributed by atoms with Crippen LogP contribution in [0, 0.1) is 0 Å². The van der Waals surface area contributed by atoms with E-state index in [2.05, 4.69) is 6.58 Å². The highest BCUT2D eigenvalue weighted by Crippen LogP contribution is 2.30. The van der Waals surface area contributed by atoms with Gasteiger partial charge in [0.1, 0.15) is 12.6 Å². The van der Waals surface area contributed by atoms with E-state index < -0.39 is 35.4 Å².